The van der Waals surface area contributed by atoms with Crippen LogP contribution >= 0.6 is 11.9 Å². The van der Waals surface area contributed by atoms with Gasteiger partial charge >= 0.3 is 5.97 Å². The third-order valence-electron chi connectivity index (χ3n) is 1.04. The molecule has 1 atom stereocenters. The molecule has 4 nitrogen and oxygen atoms in total. The lowest BCUT2D eigenvalue weighted by molar-refractivity contribution is -0.143. The van der Waals surface area contributed by atoms with Crippen LogP contribution in [0.1, 0.15) is 6.92 Å². The maximum Gasteiger partial charge on any atom is 0.333 e. The van der Waals surface area contributed by atoms with Crippen LogP contribution in [0.15, 0.2) is 9.63 Å². The number of ether oxygens (including phenoxy) is 1. The smallest absolute Gasteiger partial charge is 0.333 e. The summed E-state index contributed by atoms with van der Waals surface area (Å²) in [6.07, 6.45) is 0. The molecule has 1 aliphatic heterocycles. The van der Waals surface area contributed by atoms with Gasteiger partial charge in [0.05, 0.1) is 12.4 Å². The number of carbonyl (C=O) groups excluding carboxylic acids is 1. The van der Waals surface area contributed by atoms with Crippen LogP contribution in [0.3, 0.4) is 0 Å². The Bertz CT molecular complexity index is 160. The van der Waals surface area contributed by atoms with Crippen molar-refractivity contribution in [1.29, 1.82) is 0 Å². The fourth-order valence-electron chi connectivity index (χ4n) is 0.581. The fourth-order valence-corrected chi connectivity index (χ4v) is 1.17. The Morgan fingerprint density at radius 2 is 2.70 bits per heavy atom. The molecule has 0 aromatic carbocycles. The van der Waals surface area contributed by atoms with E-state index in [0.717, 1.165) is 0 Å². The van der Waals surface area contributed by atoms with Crippen molar-refractivity contribution in [1.82, 2.24) is 0 Å². The minimum absolute atomic E-state index is 0.267. The van der Waals surface area contributed by atoms with Crippen molar-refractivity contribution in [2.75, 3.05) is 12.4 Å². The van der Waals surface area contributed by atoms with Crippen molar-refractivity contribution in [3.05, 3.63) is 0 Å². The summed E-state index contributed by atoms with van der Waals surface area (Å²) in [7, 11) is 0. The van der Waals surface area contributed by atoms with E-state index in [1.54, 1.807) is 6.92 Å². The van der Waals surface area contributed by atoms with Gasteiger partial charge in [0.25, 0.3) is 0 Å². The topological polar surface area (TPSA) is 51.0 Å². The van der Waals surface area contributed by atoms with E-state index in [-0.39, 0.29) is 12.0 Å². The van der Waals surface area contributed by atoms with Crippen LogP contribution < -0.4 is 0 Å². The SMILES string of the molecule is CCOC(=O)[C@H]1CSN=N1. The molecule has 1 aliphatic rings. The Morgan fingerprint density at radius 1 is 1.90 bits per heavy atom. The second-order valence-corrected chi connectivity index (χ2v) is 2.52. The first kappa shape index (κ1) is 7.53. The molecule has 0 amide bonds. The third kappa shape index (κ3) is 1.70. The van der Waals surface area contributed by atoms with Crippen molar-refractivity contribution >= 4 is 17.9 Å². The highest BCUT2D eigenvalue weighted by Crippen LogP contribution is 2.17. The zero-order valence-corrected chi connectivity index (χ0v) is 6.43. The number of nitrogens with zero attached hydrogens (tertiary/aromatic N) is 2. The average Bonchev–Trinajstić information content (AvgIpc) is 2.38. The standard InChI is InChI=1S/C5H8N2O2S/c1-2-9-5(8)4-3-10-7-6-4/h4H,2-3H2,1H3/t4-/m1/s1. The fraction of sp³-hybridized carbons (Fsp3) is 0.800. The third-order valence-corrected chi connectivity index (χ3v) is 1.71. The first-order valence-corrected chi connectivity index (χ1v) is 3.97. The van der Waals surface area contributed by atoms with E-state index in [9.17, 15) is 4.79 Å². The highest BCUT2D eigenvalue weighted by Gasteiger charge is 2.22. The minimum Gasteiger partial charge on any atom is -0.464 e. The van der Waals surface area contributed by atoms with E-state index in [0.29, 0.717) is 12.4 Å². The molecular formula is C5H8N2O2S. The minimum atomic E-state index is -0.357. The summed E-state index contributed by atoms with van der Waals surface area (Å²) in [4.78, 5) is 10.9. The summed E-state index contributed by atoms with van der Waals surface area (Å²) in [5.74, 6) is 0.356. The summed E-state index contributed by atoms with van der Waals surface area (Å²) in [5, 5.41) is 3.67. The van der Waals surface area contributed by atoms with Crippen molar-refractivity contribution in [3.8, 4) is 0 Å². The summed E-state index contributed by atoms with van der Waals surface area (Å²) < 4.78 is 8.33. The first-order valence-electron chi connectivity index (χ1n) is 3.03. The molecule has 0 aromatic rings. The molecule has 1 rings (SSSR count). The van der Waals surface area contributed by atoms with Gasteiger partial charge < -0.3 is 4.74 Å². The van der Waals surface area contributed by atoms with Gasteiger partial charge in [0.1, 0.15) is 0 Å². The number of rotatable bonds is 2. The highest BCUT2D eigenvalue weighted by molar-refractivity contribution is 7.98. The zero-order chi connectivity index (χ0) is 7.40. The molecule has 1 heterocycles. The second-order valence-electron chi connectivity index (χ2n) is 1.76. The average molecular weight is 160 g/mol. The summed E-state index contributed by atoms with van der Waals surface area (Å²) in [6, 6.07) is -0.357. The van der Waals surface area contributed by atoms with Gasteiger partial charge in [-0.25, -0.2) is 4.79 Å². The highest BCUT2D eigenvalue weighted by atomic mass is 32.2. The summed E-state index contributed by atoms with van der Waals surface area (Å²) in [5.41, 5.74) is 0. The van der Waals surface area contributed by atoms with Crippen LogP contribution in [-0.4, -0.2) is 24.4 Å². The van der Waals surface area contributed by atoms with Gasteiger partial charge in [-0.2, -0.15) is 5.11 Å². The number of hydrogen-bond donors (Lipinski definition) is 0. The Balaban J connectivity index is 2.33. The predicted molar refractivity (Wildman–Crippen MR) is 37.7 cm³/mol. The summed E-state index contributed by atoms with van der Waals surface area (Å²) >= 11 is 1.29. The number of esters is 1. The second kappa shape index (κ2) is 3.55. The predicted octanol–water partition coefficient (Wildman–Crippen LogP) is 1.03. The Kier molecular flexibility index (Phi) is 2.68. The van der Waals surface area contributed by atoms with E-state index >= 15 is 0 Å². The Morgan fingerprint density at radius 3 is 3.20 bits per heavy atom. The lowest BCUT2D eigenvalue weighted by Gasteiger charge is -2.01. The van der Waals surface area contributed by atoms with Crippen LogP contribution in [-0.2, 0) is 9.53 Å². The maximum absolute atomic E-state index is 10.9. The molecule has 56 valence electrons. The quantitative estimate of drug-likeness (QED) is 0.448. The molecule has 0 aliphatic carbocycles. The van der Waals surface area contributed by atoms with Gasteiger partial charge in [0.2, 0.25) is 0 Å². The van der Waals surface area contributed by atoms with E-state index in [2.05, 4.69) is 9.63 Å². The monoisotopic (exact) mass is 160 g/mol. The molecule has 10 heavy (non-hydrogen) atoms. The molecule has 0 fully saturated rings. The molecule has 0 saturated heterocycles. The molecule has 0 unspecified atom stereocenters. The lowest BCUT2D eigenvalue weighted by atomic mass is 10.4. The van der Waals surface area contributed by atoms with Crippen LogP contribution in [0.2, 0.25) is 0 Å². The zero-order valence-electron chi connectivity index (χ0n) is 5.61. The van der Waals surface area contributed by atoms with Crippen molar-refractivity contribution in [2.24, 2.45) is 9.63 Å². The molecular weight excluding hydrogens is 152 g/mol. The van der Waals surface area contributed by atoms with Crippen LogP contribution in [0.4, 0.5) is 0 Å². The maximum atomic E-state index is 10.9. The van der Waals surface area contributed by atoms with E-state index < -0.39 is 0 Å². The van der Waals surface area contributed by atoms with Crippen molar-refractivity contribution < 1.29 is 9.53 Å². The van der Waals surface area contributed by atoms with Crippen LogP contribution in [0, 0.1) is 0 Å². The largest absolute Gasteiger partial charge is 0.464 e. The van der Waals surface area contributed by atoms with Crippen LogP contribution in [0.5, 0.6) is 0 Å². The molecule has 0 saturated carbocycles. The molecule has 0 aromatic heterocycles. The Labute approximate surface area is 63.2 Å². The van der Waals surface area contributed by atoms with Gasteiger partial charge in [-0.1, -0.05) is 0 Å². The first-order chi connectivity index (χ1) is 4.84. The van der Waals surface area contributed by atoms with Crippen LogP contribution in [0.25, 0.3) is 0 Å². The van der Waals surface area contributed by atoms with Gasteiger partial charge in [-0.3, -0.25) is 0 Å². The lowest BCUT2D eigenvalue weighted by Crippen LogP contribution is -2.21. The molecule has 0 N–H and O–H groups in total. The van der Waals surface area contributed by atoms with Gasteiger partial charge in [0, 0.05) is 11.9 Å². The van der Waals surface area contributed by atoms with E-state index in [1.165, 1.54) is 11.9 Å². The van der Waals surface area contributed by atoms with Crippen molar-refractivity contribution in [2.45, 2.75) is 13.0 Å². The summed E-state index contributed by atoms with van der Waals surface area (Å²) in [6.45, 7) is 2.19. The molecule has 0 bridgehead atoms. The number of carbonyl (C=O) groups is 1. The normalized spacial score (nSPS) is 23.1. The van der Waals surface area contributed by atoms with Gasteiger partial charge in [-0.05, 0) is 6.92 Å². The Hall–Kier alpha value is -0.580. The van der Waals surface area contributed by atoms with E-state index in [4.69, 9.17) is 4.74 Å². The molecule has 0 radical (unpaired) electrons. The molecule has 0 spiro atoms. The van der Waals surface area contributed by atoms with E-state index in [1.807, 2.05) is 0 Å². The van der Waals surface area contributed by atoms with Gasteiger partial charge in [0.15, 0.2) is 6.04 Å². The van der Waals surface area contributed by atoms with Gasteiger partial charge in [-0.15, -0.1) is 4.52 Å². The molecule has 5 heteroatoms. The number of hydrogen-bond acceptors (Lipinski definition) is 5. The van der Waals surface area contributed by atoms with Crippen molar-refractivity contribution in [3.63, 3.8) is 0 Å².